The molecule has 6 heteroatoms. The third-order valence-electron chi connectivity index (χ3n) is 4.62. The van der Waals surface area contributed by atoms with Crippen molar-refractivity contribution in [2.75, 3.05) is 42.3 Å². The van der Waals surface area contributed by atoms with Crippen LogP contribution in [0, 0.1) is 0 Å². The molecule has 0 bridgehead atoms. The van der Waals surface area contributed by atoms with Gasteiger partial charge in [-0.1, -0.05) is 12.1 Å². The van der Waals surface area contributed by atoms with Crippen LogP contribution in [0.15, 0.2) is 48.5 Å². The molecule has 2 aromatic carbocycles. The number of esters is 1. The average molecular weight is 367 g/mol. The molecule has 3 rings (SSSR count). The first-order valence-corrected chi connectivity index (χ1v) is 9.26. The maximum atomic E-state index is 12.2. The maximum absolute atomic E-state index is 12.2. The van der Waals surface area contributed by atoms with Gasteiger partial charge in [0.05, 0.1) is 5.56 Å². The molecule has 0 spiro atoms. The molecular weight excluding hydrogens is 342 g/mol. The Morgan fingerprint density at radius 3 is 2.41 bits per heavy atom. The van der Waals surface area contributed by atoms with E-state index in [2.05, 4.69) is 15.5 Å². The number of nitrogens with zero attached hydrogens (tertiary/aromatic N) is 1. The molecule has 0 aromatic heterocycles. The topological polar surface area (TPSA) is 70.7 Å². The molecule has 0 radical (unpaired) electrons. The zero-order valence-electron chi connectivity index (χ0n) is 15.5. The maximum Gasteiger partial charge on any atom is 0.340 e. The molecule has 0 aliphatic carbocycles. The zero-order chi connectivity index (χ0) is 19.1. The Morgan fingerprint density at radius 1 is 1.00 bits per heavy atom. The van der Waals surface area contributed by atoms with Gasteiger partial charge in [0.1, 0.15) is 0 Å². The smallest absolute Gasteiger partial charge is 0.340 e. The van der Waals surface area contributed by atoms with Gasteiger partial charge in [0.25, 0.3) is 5.91 Å². The van der Waals surface area contributed by atoms with E-state index in [0.29, 0.717) is 16.9 Å². The molecule has 0 saturated carbocycles. The highest BCUT2D eigenvalue weighted by molar-refractivity contribution is 5.98. The van der Waals surface area contributed by atoms with Crippen molar-refractivity contribution in [3.05, 3.63) is 54.1 Å². The first kappa shape index (κ1) is 18.8. The van der Waals surface area contributed by atoms with Gasteiger partial charge in [0.15, 0.2) is 6.61 Å². The van der Waals surface area contributed by atoms with Gasteiger partial charge in [0.2, 0.25) is 0 Å². The van der Waals surface area contributed by atoms with E-state index in [1.807, 2.05) is 30.3 Å². The Hall–Kier alpha value is -3.02. The minimum Gasteiger partial charge on any atom is -0.452 e. The third-order valence-corrected chi connectivity index (χ3v) is 4.62. The van der Waals surface area contributed by atoms with Crippen LogP contribution >= 0.6 is 0 Å². The molecule has 1 amide bonds. The summed E-state index contributed by atoms with van der Waals surface area (Å²) in [6, 6.07) is 14.8. The number of nitrogens with one attached hydrogen (secondary N) is 2. The molecule has 0 atom stereocenters. The molecular formula is C21H25N3O3. The van der Waals surface area contributed by atoms with Crippen molar-refractivity contribution in [1.29, 1.82) is 0 Å². The second-order valence-corrected chi connectivity index (χ2v) is 6.51. The number of piperidine rings is 1. The standard InChI is InChI=1S/C21H25N3O3/c1-22-19-8-4-3-7-18(19)21(26)27-15-20(25)23-16-9-11-17(12-10-16)24-13-5-2-6-14-24/h3-4,7-12,22H,2,5-6,13-15H2,1H3,(H,23,25). The largest absolute Gasteiger partial charge is 0.452 e. The number of carbonyl (C=O) groups excluding carboxylic acids is 2. The van der Waals surface area contributed by atoms with Crippen LogP contribution in [0.1, 0.15) is 29.6 Å². The molecule has 2 N–H and O–H groups in total. The zero-order valence-corrected chi connectivity index (χ0v) is 15.5. The predicted molar refractivity (Wildman–Crippen MR) is 107 cm³/mol. The van der Waals surface area contributed by atoms with Crippen LogP contribution in [0.5, 0.6) is 0 Å². The molecule has 1 saturated heterocycles. The number of carbonyl (C=O) groups is 2. The van der Waals surface area contributed by atoms with Gasteiger partial charge in [-0.3, -0.25) is 4.79 Å². The number of rotatable bonds is 6. The SMILES string of the molecule is CNc1ccccc1C(=O)OCC(=O)Nc1ccc(N2CCCCC2)cc1. The second kappa shape index (κ2) is 9.07. The van der Waals surface area contributed by atoms with E-state index < -0.39 is 5.97 Å². The lowest BCUT2D eigenvalue weighted by atomic mass is 10.1. The molecule has 6 nitrogen and oxygen atoms in total. The van der Waals surface area contributed by atoms with Gasteiger partial charge >= 0.3 is 5.97 Å². The lowest BCUT2D eigenvalue weighted by Gasteiger charge is -2.28. The third kappa shape index (κ3) is 5.00. The lowest BCUT2D eigenvalue weighted by Crippen LogP contribution is -2.29. The highest BCUT2D eigenvalue weighted by Crippen LogP contribution is 2.22. The number of benzene rings is 2. The fourth-order valence-electron chi connectivity index (χ4n) is 3.19. The number of anilines is 3. The highest BCUT2D eigenvalue weighted by atomic mass is 16.5. The predicted octanol–water partition coefficient (Wildman–Crippen LogP) is 3.51. The van der Waals surface area contributed by atoms with Crippen molar-refractivity contribution in [3.63, 3.8) is 0 Å². The number of amides is 1. The van der Waals surface area contributed by atoms with Crippen molar-refractivity contribution < 1.29 is 14.3 Å². The van der Waals surface area contributed by atoms with Gasteiger partial charge in [-0.15, -0.1) is 0 Å². The summed E-state index contributed by atoms with van der Waals surface area (Å²) < 4.78 is 5.12. The number of ether oxygens (including phenoxy) is 1. The lowest BCUT2D eigenvalue weighted by molar-refractivity contribution is -0.119. The van der Waals surface area contributed by atoms with Gasteiger partial charge in [0, 0.05) is 37.2 Å². The van der Waals surface area contributed by atoms with Crippen LogP contribution in [-0.4, -0.2) is 38.6 Å². The molecule has 1 aliphatic heterocycles. The highest BCUT2D eigenvalue weighted by Gasteiger charge is 2.14. The average Bonchev–Trinajstić information content (AvgIpc) is 2.73. The summed E-state index contributed by atoms with van der Waals surface area (Å²) in [5.74, 6) is -0.897. The molecule has 1 heterocycles. The number of para-hydroxylation sites is 1. The van der Waals surface area contributed by atoms with E-state index in [1.54, 1.807) is 25.2 Å². The Balaban J connectivity index is 1.51. The Labute approximate surface area is 159 Å². The summed E-state index contributed by atoms with van der Waals surface area (Å²) in [5.41, 5.74) is 2.92. The second-order valence-electron chi connectivity index (χ2n) is 6.51. The summed E-state index contributed by atoms with van der Waals surface area (Å²) in [7, 11) is 1.73. The normalized spacial score (nSPS) is 13.7. The van der Waals surface area contributed by atoms with E-state index in [0.717, 1.165) is 13.1 Å². The van der Waals surface area contributed by atoms with Crippen LogP contribution in [0.2, 0.25) is 0 Å². The fourth-order valence-corrected chi connectivity index (χ4v) is 3.19. The summed E-state index contributed by atoms with van der Waals surface area (Å²) in [6.45, 7) is 1.83. The van der Waals surface area contributed by atoms with E-state index in [4.69, 9.17) is 4.74 Å². The fraction of sp³-hybridized carbons (Fsp3) is 0.333. The summed E-state index contributed by atoms with van der Waals surface area (Å²) in [6.07, 6.45) is 3.74. The Bertz CT molecular complexity index is 784. The minimum atomic E-state index is -0.532. The first-order valence-electron chi connectivity index (χ1n) is 9.26. The van der Waals surface area contributed by atoms with Crippen LogP contribution in [0.4, 0.5) is 17.1 Å². The summed E-state index contributed by atoms with van der Waals surface area (Å²) >= 11 is 0. The van der Waals surface area contributed by atoms with E-state index in [1.165, 1.54) is 24.9 Å². The molecule has 27 heavy (non-hydrogen) atoms. The van der Waals surface area contributed by atoms with Crippen molar-refractivity contribution in [1.82, 2.24) is 0 Å². The summed E-state index contributed by atoms with van der Waals surface area (Å²) in [4.78, 5) is 26.6. The van der Waals surface area contributed by atoms with Crippen LogP contribution in [-0.2, 0) is 9.53 Å². The Kier molecular flexibility index (Phi) is 6.30. The minimum absolute atomic E-state index is 0.329. The quantitative estimate of drug-likeness (QED) is 0.765. The summed E-state index contributed by atoms with van der Waals surface area (Å²) in [5, 5.41) is 5.69. The van der Waals surface area contributed by atoms with E-state index >= 15 is 0 Å². The first-order chi connectivity index (χ1) is 13.2. The van der Waals surface area contributed by atoms with Gasteiger partial charge in [-0.25, -0.2) is 4.79 Å². The molecule has 1 aliphatic rings. The van der Waals surface area contributed by atoms with Crippen molar-refractivity contribution >= 4 is 28.9 Å². The van der Waals surface area contributed by atoms with Crippen molar-refractivity contribution in [3.8, 4) is 0 Å². The van der Waals surface area contributed by atoms with Gasteiger partial charge < -0.3 is 20.3 Å². The van der Waals surface area contributed by atoms with Crippen molar-refractivity contribution in [2.45, 2.75) is 19.3 Å². The van der Waals surface area contributed by atoms with Crippen molar-refractivity contribution in [2.24, 2.45) is 0 Å². The van der Waals surface area contributed by atoms with E-state index in [9.17, 15) is 9.59 Å². The molecule has 1 fully saturated rings. The van der Waals surface area contributed by atoms with Crippen LogP contribution in [0.3, 0.4) is 0 Å². The number of hydrogen-bond acceptors (Lipinski definition) is 5. The molecule has 0 unspecified atom stereocenters. The van der Waals surface area contributed by atoms with Crippen LogP contribution < -0.4 is 15.5 Å². The number of hydrogen-bond donors (Lipinski definition) is 2. The Morgan fingerprint density at radius 2 is 1.70 bits per heavy atom. The molecule has 142 valence electrons. The van der Waals surface area contributed by atoms with Crippen LogP contribution in [0.25, 0.3) is 0 Å². The molecule has 2 aromatic rings. The van der Waals surface area contributed by atoms with Gasteiger partial charge in [-0.2, -0.15) is 0 Å². The van der Waals surface area contributed by atoms with E-state index in [-0.39, 0.29) is 12.5 Å². The van der Waals surface area contributed by atoms with Gasteiger partial charge in [-0.05, 0) is 55.7 Å². The monoisotopic (exact) mass is 367 g/mol.